The van der Waals surface area contributed by atoms with Crippen LogP contribution in [0, 0.1) is 11.7 Å². The number of carbonyl (C=O) groups excluding carboxylic acids is 1. The molecule has 0 heterocycles. The van der Waals surface area contributed by atoms with Crippen molar-refractivity contribution in [3.8, 4) is 0 Å². The molecule has 108 valence electrons. The number of hydrogen-bond acceptors (Lipinski definition) is 1. The van der Waals surface area contributed by atoms with E-state index in [9.17, 15) is 9.18 Å². The van der Waals surface area contributed by atoms with Crippen LogP contribution in [-0.2, 0) is 4.79 Å². The van der Waals surface area contributed by atoms with E-state index in [0.29, 0.717) is 11.5 Å². The van der Waals surface area contributed by atoms with Crippen molar-refractivity contribution in [2.75, 3.05) is 13.1 Å². The van der Waals surface area contributed by atoms with Crippen molar-refractivity contribution in [2.45, 2.75) is 26.2 Å². The molecule has 20 heavy (non-hydrogen) atoms. The van der Waals surface area contributed by atoms with Gasteiger partial charge in [-0.2, -0.15) is 0 Å². The van der Waals surface area contributed by atoms with E-state index < -0.39 is 0 Å². The predicted octanol–water partition coefficient (Wildman–Crippen LogP) is 4.25. The van der Waals surface area contributed by atoms with Crippen LogP contribution in [0.15, 0.2) is 28.7 Å². The molecule has 2 rings (SSSR count). The molecular weight excluding hydrogens is 321 g/mol. The number of amides is 1. The topological polar surface area (TPSA) is 20.3 Å². The Balaban J connectivity index is 2.03. The molecule has 1 aromatic rings. The third kappa shape index (κ3) is 4.44. The van der Waals surface area contributed by atoms with Crippen LogP contribution in [0.1, 0.15) is 31.7 Å². The second-order valence-electron chi connectivity index (χ2n) is 5.23. The largest absolute Gasteiger partial charge is 0.339 e. The lowest BCUT2D eigenvalue weighted by Crippen LogP contribution is -2.32. The van der Waals surface area contributed by atoms with Gasteiger partial charge in [0, 0.05) is 29.2 Å². The Morgan fingerprint density at radius 1 is 1.50 bits per heavy atom. The molecule has 4 heteroatoms. The highest BCUT2D eigenvalue weighted by Crippen LogP contribution is 2.29. The third-order valence-corrected chi connectivity index (χ3v) is 3.84. The van der Waals surface area contributed by atoms with E-state index in [1.165, 1.54) is 25.0 Å². The first-order valence-electron chi connectivity index (χ1n) is 7.02. The van der Waals surface area contributed by atoms with Crippen molar-refractivity contribution in [2.24, 2.45) is 5.92 Å². The van der Waals surface area contributed by atoms with Gasteiger partial charge in [-0.05, 0) is 49.5 Å². The van der Waals surface area contributed by atoms with E-state index in [4.69, 9.17) is 0 Å². The SMILES string of the molecule is CCCN(CC1CC1)C(=O)/C=C/c1cc(Br)ccc1F. The van der Waals surface area contributed by atoms with Crippen molar-refractivity contribution >= 4 is 27.9 Å². The number of rotatable bonds is 6. The molecule has 1 saturated carbocycles. The molecule has 0 unspecified atom stereocenters. The lowest BCUT2D eigenvalue weighted by molar-refractivity contribution is -0.126. The van der Waals surface area contributed by atoms with E-state index in [1.54, 1.807) is 18.2 Å². The van der Waals surface area contributed by atoms with Crippen LogP contribution in [-0.4, -0.2) is 23.9 Å². The van der Waals surface area contributed by atoms with Crippen LogP contribution >= 0.6 is 15.9 Å². The first-order valence-corrected chi connectivity index (χ1v) is 7.81. The molecule has 0 aliphatic heterocycles. The lowest BCUT2D eigenvalue weighted by atomic mass is 10.2. The van der Waals surface area contributed by atoms with Gasteiger partial charge in [0.05, 0.1) is 0 Å². The second-order valence-corrected chi connectivity index (χ2v) is 6.14. The van der Waals surface area contributed by atoms with Crippen LogP contribution in [0.25, 0.3) is 6.08 Å². The Labute approximate surface area is 127 Å². The minimum absolute atomic E-state index is 0.0295. The maximum atomic E-state index is 13.6. The van der Waals surface area contributed by atoms with Gasteiger partial charge in [0.15, 0.2) is 0 Å². The zero-order valence-corrected chi connectivity index (χ0v) is 13.2. The zero-order chi connectivity index (χ0) is 14.5. The predicted molar refractivity (Wildman–Crippen MR) is 82.7 cm³/mol. The molecule has 1 aromatic carbocycles. The van der Waals surface area contributed by atoms with Crippen LogP contribution in [0.4, 0.5) is 4.39 Å². The molecule has 0 atom stereocenters. The highest BCUT2D eigenvalue weighted by molar-refractivity contribution is 9.10. The van der Waals surface area contributed by atoms with Gasteiger partial charge in [0.25, 0.3) is 0 Å². The highest BCUT2D eigenvalue weighted by atomic mass is 79.9. The smallest absolute Gasteiger partial charge is 0.246 e. The fraction of sp³-hybridized carbons (Fsp3) is 0.438. The summed E-state index contributed by atoms with van der Waals surface area (Å²) in [5, 5.41) is 0. The minimum atomic E-state index is -0.318. The first-order chi connectivity index (χ1) is 9.60. The summed E-state index contributed by atoms with van der Waals surface area (Å²) >= 11 is 3.30. The van der Waals surface area contributed by atoms with Gasteiger partial charge in [-0.15, -0.1) is 0 Å². The van der Waals surface area contributed by atoms with Crippen molar-refractivity contribution in [1.29, 1.82) is 0 Å². The summed E-state index contributed by atoms with van der Waals surface area (Å²) in [6, 6.07) is 4.71. The molecule has 1 fully saturated rings. The van der Waals surface area contributed by atoms with Gasteiger partial charge in [-0.1, -0.05) is 22.9 Å². The maximum absolute atomic E-state index is 13.6. The Morgan fingerprint density at radius 2 is 2.25 bits per heavy atom. The molecule has 0 spiro atoms. The normalized spacial score (nSPS) is 14.8. The standard InChI is InChI=1S/C16H19BrFNO/c1-2-9-19(11-12-3-4-12)16(20)8-5-13-10-14(17)6-7-15(13)18/h5-8,10,12H,2-4,9,11H2,1H3/b8-5+. The summed E-state index contributed by atoms with van der Waals surface area (Å²) in [5.41, 5.74) is 0.426. The minimum Gasteiger partial charge on any atom is -0.339 e. The number of carbonyl (C=O) groups is 1. The second kappa shape index (κ2) is 7.02. The average molecular weight is 340 g/mol. The monoisotopic (exact) mass is 339 g/mol. The number of nitrogens with zero attached hydrogens (tertiary/aromatic N) is 1. The Bertz CT molecular complexity index is 511. The maximum Gasteiger partial charge on any atom is 0.246 e. The van der Waals surface area contributed by atoms with E-state index >= 15 is 0 Å². The molecule has 0 bridgehead atoms. The van der Waals surface area contributed by atoms with Crippen LogP contribution in [0.5, 0.6) is 0 Å². The molecule has 0 aromatic heterocycles. The van der Waals surface area contributed by atoms with E-state index in [0.717, 1.165) is 24.0 Å². The molecule has 0 radical (unpaired) electrons. The van der Waals surface area contributed by atoms with Crippen LogP contribution < -0.4 is 0 Å². The Kier molecular flexibility index (Phi) is 5.35. The van der Waals surface area contributed by atoms with Crippen LogP contribution in [0.2, 0.25) is 0 Å². The lowest BCUT2D eigenvalue weighted by Gasteiger charge is -2.20. The van der Waals surface area contributed by atoms with Crippen molar-refractivity contribution < 1.29 is 9.18 Å². The Morgan fingerprint density at radius 3 is 2.90 bits per heavy atom. The summed E-state index contributed by atoms with van der Waals surface area (Å²) in [4.78, 5) is 14.0. The summed E-state index contributed by atoms with van der Waals surface area (Å²) < 4.78 is 14.4. The zero-order valence-electron chi connectivity index (χ0n) is 11.6. The van der Waals surface area contributed by atoms with E-state index in [2.05, 4.69) is 22.9 Å². The fourth-order valence-electron chi connectivity index (χ4n) is 2.08. The van der Waals surface area contributed by atoms with Crippen LogP contribution in [0.3, 0.4) is 0 Å². The summed E-state index contributed by atoms with van der Waals surface area (Å²) in [6.45, 7) is 3.66. The molecule has 1 aliphatic rings. The van der Waals surface area contributed by atoms with Gasteiger partial charge in [0.1, 0.15) is 5.82 Å². The molecule has 1 amide bonds. The molecule has 0 saturated heterocycles. The third-order valence-electron chi connectivity index (χ3n) is 3.34. The van der Waals surface area contributed by atoms with Gasteiger partial charge in [-0.25, -0.2) is 4.39 Å². The van der Waals surface area contributed by atoms with Crippen molar-refractivity contribution in [1.82, 2.24) is 4.90 Å². The number of benzene rings is 1. The molecule has 1 aliphatic carbocycles. The molecule has 2 nitrogen and oxygen atoms in total. The number of halogens is 2. The fourth-order valence-corrected chi connectivity index (χ4v) is 2.46. The van der Waals surface area contributed by atoms with Gasteiger partial charge >= 0.3 is 0 Å². The quantitative estimate of drug-likeness (QED) is 0.709. The van der Waals surface area contributed by atoms with Gasteiger partial charge in [-0.3, -0.25) is 4.79 Å². The van der Waals surface area contributed by atoms with E-state index in [1.807, 2.05) is 4.90 Å². The highest BCUT2D eigenvalue weighted by Gasteiger charge is 2.25. The summed E-state index contributed by atoms with van der Waals surface area (Å²) in [6.07, 6.45) is 6.41. The van der Waals surface area contributed by atoms with Gasteiger partial charge in [0.2, 0.25) is 5.91 Å². The van der Waals surface area contributed by atoms with E-state index in [-0.39, 0.29) is 11.7 Å². The summed E-state index contributed by atoms with van der Waals surface area (Å²) in [5.74, 6) is 0.320. The van der Waals surface area contributed by atoms with Gasteiger partial charge < -0.3 is 4.90 Å². The first kappa shape index (κ1) is 15.2. The number of hydrogen-bond donors (Lipinski definition) is 0. The Hall–Kier alpha value is -1.16. The van der Waals surface area contributed by atoms with Crippen molar-refractivity contribution in [3.63, 3.8) is 0 Å². The van der Waals surface area contributed by atoms with Crippen molar-refractivity contribution in [3.05, 3.63) is 40.1 Å². The average Bonchev–Trinajstić information content (AvgIpc) is 3.23. The molecule has 0 N–H and O–H groups in total. The summed E-state index contributed by atoms with van der Waals surface area (Å²) in [7, 11) is 0. The molecular formula is C16H19BrFNO.